The van der Waals surface area contributed by atoms with Crippen LogP contribution in [-0.2, 0) is 24.3 Å². The van der Waals surface area contributed by atoms with Crippen LogP contribution in [0.2, 0.25) is 0 Å². The molecule has 0 aliphatic heterocycles. The molecule has 5 heteroatoms. The van der Waals surface area contributed by atoms with E-state index in [1.807, 2.05) is 18.2 Å². The van der Waals surface area contributed by atoms with Crippen LogP contribution in [-0.4, -0.2) is 17.0 Å². The number of carboxylic acids is 1. The van der Waals surface area contributed by atoms with Gasteiger partial charge in [-0.1, -0.05) is 24.3 Å². The third kappa shape index (κ3) is 2.93. The van der Waals surface area contributed by atoms with Crippen molar-refractivity contribution in [3.05, 3.63) is 42.0 Å². The molecule has 18 heavy (non-hydrogen) atoms. The number of hydrogen-bond acceptors (Lipinski definition) is 3. The number of carbonyl (C=O) groups excluding carboxylic acids is 1. The first-order valence-corrected chi connectivity index (χ1v) is 5.02. The second-order valence-corrected chi connectivity index (χ2v) is 3.59. The molecule has 4 nitrogen and oxygen atoms in total. The molecule has 0 spiro atoms. The molecular weight excluding hydrogens is 286 g/mol. The number of esters is 1. The third-order valence-corrected chi connectivity index (χ3v) is 2.33. The minimum Gasteiger partial charge on any atom is -0.478 e. The Morgan fingerprint density at radius 3 is 2.17 bits per heavy atom. The van der Waals surface area contributed by atoms with E-state index in [2.05, 4.69) is 0 Å². The topological polar surface area (TPSA) is 63.6 Å². The van der Waals surface area contributed by atoms with E-state index in [9.17, 15) is 9.59 Å². The Hall–Kier alpha value is -1.74. The molecule has 88 valence electrons. The maximum absolute atomic E-state index is 11.1. The van der Waals surface area contributed by atoms with Gasteiger partial charge in [-0.2, -0.15) is 0 Å². The molecule has 0 bridgehead atoms. The van der Waals surface area contributed by atoms with Gasteiger partial charge < -0.3 is 9.84 Å². The zero-order valence-corrected chi connectivity index (χ0v) is 12.8. The zero-order valence-electron chi connectivity index (χ0n) is 9.84. The van der Waals surface area contributed by atoms with Gasteiger partial charge in [0.1, 0.15) is 11.3 Å². The number of fused-ring (bicyclic) bond motifs is 1. The summed E-state index contributed by atoms with van der Waals surface area (Å²) in [6, 6.07) is 10.3. The molecule has 0 fully saturated rings. The van der Waals surface area contributed by atoms with Gasteiger partial charge in [0.05, 0.1) is 0 Å². The minimum absolute atomic E-state index is 0. The normalized spacial score (nSPS) is 9.61. The number of benzene rings is 2. The van der Waals surface area contributed by atoms with Gasteiger partial charge in [0.25, 0.3) is 0 Å². The summed E-state index contributed by atoms with van der Waals surface area (Å²) in [5.41, 5.74) is -0.0149. The number of aromatic carboxylic acids is 1. The van der Waals surface area contributed by atoms with Gasteiger partial charge >= 0.3 is 11.9 Å². The summed E-state index contributed by atoms with van der Waals surface area (Å²) < 4.78 is 4.90. The van der Waals surface area contributed by atoms with Crippen LogP contribution in [0.4, 0.5) is 0 Å². The molecule has 0 aliphatic rings. The second kappa shape index (κ2) is 5.74. The van der Waals surface area contributed by atoms with Crippen LogP contribution in [0, 0.1) is 0 Å². The Labute approximate surface area is 116 Å². The summed E-state index contributed by atoms with van der Waals surface area (Å²) in [4.78, 5) is 22.0. The third-order valence-electron chi connectivity index (χ3n) is 2.33. The molecule has 1 N–H and O–H groups in total. The number of rotatable bonds is 2. The molecule has 2 rings (SSSR count). The Kier molecular flexibility index (Phi) is 4.57. The predicted octanol–water partition coefficient (Wildman–Crippen LogP) is 2.46. The standard InChI is InChI=1S/C13H10O4.Zn/c1-8(14)17-12-7-10-5-3-2-4-9(10)6-11(12)13(15)16;/h2-7H,1H3,(H,15,16);. The fourth-order valence-corrected chi connectivity index (χ4v) is 1.63. The van der Waals surface area contributed by atoms with Crippen molar-refractivity contribution >= 4 is 22.7 Å². The molecule has 0 aliphatic carbocycles. The first kappa shape index (κ1) is 14.3. The van der Waals surface area contributed by atoms with E-state index in [0.717, 1.165) is 10.8 Å². The summed E-state index contributed by atoms with van der Waals surface area (Å²) in [6.45, 7) is 1.24. The largest absolute Gasteiger partial charge is 0.478 e. The van der Waals surface area contributed by atoms with Gasteiger partial charge in [-0.25, -0.2) is 4.79 Å². The average Bonchev–Trinajstić information content (AvgIpc) is 2.27. The number of carboxylic acid groups (broad SMARTS) is 1. The molecule has 0 amide bonds. The van der Waals surface area contributed by atoms with Crippen LogP contribution in [0.3, 0.4) is 0 Å². The van der Waals surface area contributed by atoms with Crippen LogP contribution < -0.4 is 4.74 Å². The fourth-order valence-electron chi connectivity index (χ4n) is 1.63. The van der Waals surface area contributed by atoms with Gasteiger partial charge in [-0.05, 0) is 22.9 Å². The van der Waals surface area contributed by atoms with Crippen molar-refractivity contribution < 1.29 is 38.9 Å². The van der Waals surface area contributed by atoms with E-state index in [4.69, 9.17) is 9.84 Å². The molecule has 2 aromatic rings. The maximum Gasteiger partial charge on any atom is 0.339 e. The molecule has 0 radical (unpaired) electrons. The molecule has 0 unspecified atom stereocenters. The molecular formula is C13H10O4Zn. The molecule has 2 aromatic carbocycles. The molecule has 0 heterocycles. The van der Waals surface area contributed by atoms with Gasteiger partial charge in [-0.3, -0.25) is 4.79 Å². The monoisotopic (exact) mass is 294 g/mol. The van der Waals surface area contributed by atoms with E-state index < -0.39 is 11.9 Å². The van der Waals surface area contributed by atoms with Crippen molar-refractivity contribution in [2.45, 2.75) is 6.92 Å². The van der Waals surface area contributed by atoms with E-state index in [0.29, 0.717) is 0 Å². The van der Waals surface area contributed by atoms with Gasteiger partial charge in [0, 0.05) is 26.4 Å². The van der Waals surface area contributed by atoms with Crippen molar-refractivity contribution in [1.82, 2.24) is 0 Å². The molecule has 0 atom stereocenters. The average molecular weight is 296 g/mol. The molecule has 0 saturated carbocycles. The summed E-state index contributed by atoms with van der Waals surface area (Å²) in [5, 5.41) is 10.7. The van der Waals surface area contributed by atoms with E-state index in [-0.39, 0.29) is 30.8 Å². The van der Waals surface area contributed by atoms with Crippen molar-refractivity contribution in [2.24, 2.45) is 0 Å². The minimum atomic E-state index is -1.12. The van der Waals surface area contributed by atoms with E-state index in [1.165, 1.54) is 13.0 Å². The quantitative estimate of drug-likeness (QED) is 0.525. The van der Waals surface area contributed by atoms with Crippen LogP contribution in [0.5, 0.6) is 5.75 Å². The first-order chi connectivity index (χ1) is 8.08. The van der Waals surface area contributed by atoms with E-state index >= 15 is 0 Å². The second-order valence-electron chi connectivity index (χ2n) is 3.59. The number of hydrogen-bond donors (Lipinski definition) is 1. The maximum atomic E-state index is 11.1. The van der Waals surface area contributed by atoms with Crippen LogP contribution in [0.25, 0.3) is 10.8 Å². The molecule has 0 aromatic heterocycles. The Morgan fingerprint density at radius 1 is 1.11 bits per heavy atom. The van der Waals surface area contributed by atoms with Crippen LogP contribution in [0.15, 0.2) is 36.4 Å². The van der Waals surface area contributed by atoms with Crippen molar-refractivity contribution in [3.8, 4) is 5.75 Å². The van der Waals surface area contributed by atoms with Crippen molar-refractivity contribution in [1.29, 1.82) is 0 Å². The van der Waals surface area contributed by atoms with E-state index in [1.54, 1.807) is 12.1 Å². The summed E-state index contributed by atoms with van der Waals surface area (Å²) in [5.74, 6) is -1.58. The first-order valence-electron chi connectivity index (χ1n) is 5.02. The fraction of sp³-hybridized carbons (Fsp3) is 0.0769. The molecule has 0 saturated heterocycles. The van der Waals surface area contributed by atoms with Gasteiger partial charge in [-0.15, -0.1) is 0 Å². The zero-order chi connectivity index (χ0) is 12.4. The van der Waals surface area contributed by atoms with Gasteiger partial charge in [0.15, 0.2) is 0 Å². The Morgan fingerprint density at radius 2 is 1.67 bits per heavy atom. The number of carbonyl (C=O) groups is 2. The van der Waals surface area contributed by atoms with Crippen molar-refractivity contribution in [2.75, 3.05) is 0 Å². The van der Waals surface area contributed by atoms with Crippen LogP contribution >= 0.6 is 0 Å². The SMILES string of the molecule is CC(=O)Oc1cc2ccccc2cc1C(=O)O.[Zn]. The van der Waals surface area contributed by atoms with Crippen LogP contribution in [0.1, 0.15) is 17.3 Å². The Bertz CT molecular complexity index is 607. The summed E-state index contributed by atoms with van der Waals surface area (Å²) in [6.07, 6.45) is 0. The number of ether oxygens (including phenoxy) is 1. The smallest absolute Gasteiger partial charge is 0.339 e. The predicted molar refractivity (Wildman–Crippen MR) is 62.2 cm³/mol. The summed E-state index contributed by atoms with van der Waals surface area (Å²) >= 11 is 0. The van der Waals surface area contributed by atoms with Crippen molar-refractivity contribution in [3.63, 3.8) is 0 Å². The summed E-state index contributed by atoms with van der Waals surface area (Å²) in [7, 11) is 0. The van der Waals surface area contributed by atoms with Gasteiger partial charge in [0.2, 0.25) is 0 Å². The Balaban J connectivity index is 0.00000162.